The van der Waals surface area contributed by atoms with Gasteiger partial charge in [0.05, 0.1) is 5.56 Å². The Kier molecular flexibility index (Phi) is 7.41. The third-order valence-corrected chi connectivity index (χ3v) is 5.26. The van der Waals surface area contributed by atoms with E-state index in [-0.39, 0.29) is 41.7 Å². The van der Waals surface area contributed by atoms with Gasteiger partial charge in [0.1, 0.15) is 5.82 Å². The van der Waals surface area contributed by atoms with Gasteiger partial charge in [0.15, 0.2) is 0 Å². The monoisotopic (exact) mass is 383 g/mol. The first-order valence-electron chi connectivity index (χ1n) is 9.14. The van der Waals surface area contributed by atoms with Crippen LogP contribution < -0.4 is 5.73 Å². The predicted molar refractivity (Wildman–Crippen MR) is 101 cm³/mol. The number of nitrogens with two attached hydrogens (primary N) is 1. The topological polar surface area (TPSA) is 66.6 Å². The van der Waals surface area contributed by atoms with Gasteiger partial charge in [-0.1, -0.05) is 18.6 Å². The Labute approximate surface area is 160 Å². The number of rotatable bonds is 2. The van der Waals surface area contributed by atoms with Crippen molar-refractivity contribution in [3.8, 4) is 0 Å². The van der Waals surface area contributed by atoms with E-state index in [1.165, 1.54) is 12.1 Å². The number of carbonyl (C=O) groups is 2. The van der Waals surface area contributed by atoms with Crippen LogP contribution in [0.5, 0.6) is 0 Å². The maximum atomic E-state index is 13.9. The Hall–Kier alpha value is -1.66. The van der Waals surface area contributed by atoms with E-state index in [1.54, 1.807) is 17.0 Å². The fourth-order valence-corrected chi connectivity index (χ4v) is 3.86. The molecule has 2 N–H and O–H groups in total. The molecule has 0 bridgehead atoms. The third-order valence-electron chi connectivity index (χ3n) is 5.26. The summed E-state index contributed by atoms with van der Waals surface area (Å²) in [6.45, 7) is 2.13. The maximum Gasteiger partial charge on any atom is 0.256 e. The summed E-state index contributed by atoms with van der Waals surface area (Å²) < 4.78 is 13.9. The van der Waals surface area contributed by atoms with E-state index in [4.69, 9.17) is 5.73 Å². The van der Waals surface area contributed by atoms with Crippen LogP contribution in [-0.2, 0) is 4.79 Å². The average molecular weight is 384 g/mol. The standard InChI is InChI=1S/C19H26FN3O2.ClH/c20-17-8-2-1-7-16(17)19(25)23-10-4-9-22(11-12-23)18(24)14-5-3-6-15(21)13-14;/h1-2,7-8,14-15H,3-6,9-13,21H2;1H. The number of nitrogens with zero attached hydrogens (tertiary/aromatic N) is 2. The molecule has 1 aromatic carbocycles. The molecule has 144 valence electrons. The van der Waals surface area contributed by atoms with Crippen molar-refractivity contribution in [1.82, 2.24) is 9.80 Å². The molecule has 2 fully saturated rings. The largest absolute Gasteiger partial charge is 0.341 e. The molecular weight excluding hydrogens is 357 g/mol. The summed E-state index contributed by atoms with van der Waals surface area (Å²) in [4.78, 5) is 28.8. The normalized spacial score (nSPS) is 23.8. The zero-order valence-electron chi connectivity index (χ0n) is 14.9. The Balaban J connectivity index is 0.00000243. The van der Waals surface area contributed by atoms with Crippen LogP contribution in [0.15, 0.2) is 24.3 Å². The van der Waals surface area contributed by atoms with Crippen molar-refractivity contribution in [3.05, 3.63) is 35.6 Å². The van der Waals surface area contributed by atoms with Gasteiger partial charge in [-0.3, -0.25) is 9.59 Å². The van der Waals surface area contributed by atoms with E-state index < -0.39 is 5.82 Å². The van der Waals surface area contributed by atoms with Gasteiger partial charge in [0, 0.05) is 38.1 Å². The summed E-state index contributed by atoms with van der Waals surface area (Å²) in [5.74, 6) is -0.624. The van der Waals surface area contributed by atoms with Crippen molar-refractivity contribution in [2.75, 3.05) is 26.2 Å². The van der Waals surface area contributed by atoms with Crippen LogP contribution in [0, 0.1) is 11.7 Å². The minimum Gasteiger partial charge on any atom is -0.341 e. The molecule has 0 aromatic heterocycles. The Morgan fingerprint density at radius 1 is 1.00 bits per heavy atom. The third kappa shape index (κ3) is 4.74. The van der Waals surface area contributed by atoms with E-state index in [9.17, 15) is 14.0 Å². The highest BCUT2D eigenvalue weighted by molar-refractivity contribution is 5.94. The molecule has 1 aromatic rings. The molecule has 2 amide bonds. The highest BCUT2D eigenvalue weighted by atomic mass is 35.5. The van der Waals surface area contributed by atoms with Crippen LogP contribution in [0.1, 0.15) is 42.5 Å². The smallest absolute Gasteiger partial charge is 0.256 e. The first kappa shape index (κ1) is 20.6. The molecule has 26 heavy (non-hydrogen) atoms. The van der Waals surface area contributed by atoms with E-state index in [1.807, 2.05) is 4.90 Å². The molecule has 1 heterocycles. The summed E-state index contributed by atoms with van der Waals surface area (Å²) >= 11 is 0. The van der Waals surface area contributed by atoms with Crippen molar-refractivity contribution in [3.63, 3.8) is 0 Å². The van der Waals surface area contributed by atoms with Crippen LogP contribution in [-0.4, -0.2) is 53.8 Å². The van der Waals surface area contributed by atoms with Gasteiger partial charge in [0.25, 0.3) is 5.91 Å². The molecule has 0 radical (unpaired) electrons. The molecule has 0 spiro atoms. The fourth-order valence-electron chi connectivity index (χ4n) is 3.86. The molecule has 1 aliphatic carbocycles. The first-order chi connectivity index (χ1) is 12.1. The molecular formula is C19H27ClFN3O2. The average Bonchev–Trinajstić information content (AvgIpc) is 2.87. The Bertz CT molecular complexity index is 643. The molecule has 2 atom stereocenters. The lowest BCUT2D eigenvalue weighted by molar-refractivity contribution is -0.136. The number of amides is 2. The molecule has 1 saturated heterocycles. The summed E-state index contributed by atoms with van der Waals surface area (Å²) in [6, 6.07) is 6.16. The predicted octanol–water partition coefficient (Wildman–Crippen LogP) is 2.44. The van der Waals surface area contributed by atoms with Crippen LogP contribution in [0.25, 0.3) is 0 Å². The quantitative estimate of drug-likeness (QED) is 0.852. The summed E-state index contributed by atoms with van der Waals surface area (Å²) in [5.41, 5.74) is 6.10. The second-order valence-corrected chi connectivity index (χ2v) is 7.07. The maximum absolute atomic E-state index is 13.9. The van der Waals surface area contributed by atoms with Gasteiger partial charge in [-0.25, -0.2) is 4.39 Å². The zero-order chi connectivity index (χ0) is 17.8. The number of benzene rings is 1. The number of hydrogen-bond acceptors (Lipinski definition) is 3. The van der Waals surface area contributed by atoms with Crippen LogP contribution in [0.3, 0.4) is 0 Å². The van der Waals surface area contributed by atoms with Crippen LogP contribution in [0.2, 0.25) is 0 Å². The molecule has 7 heteroatoms. The van der Waals surface area contributed by atoms with Gasteiger partial charge < -0.3 is 15.5 Å². The number of carbonyl (C=O) groups excluding carboxylic acids is 2. The van der Waals surface area contributed by atoms with Crippen molar-refractivity contribution >= 4 is 24.2 Å². The van der Waals surface area contributed by atoms with E-state index >= 15 is 0 Å². The molecule has 3 rings (SSSR count). The molecule has 2 unspecified atom stereocenters. The van der Waals surface area contributed by atoms with Crippen LogP contribution >= 0.6 is 12.4 Å². The SMILES string of the molecule is Cl.NC1CCCC(C(=O)N2CCCN(C(=O)c3ccccc3F)CC2)C1. The minimum atomic E-state index is -0.499. The van der Waals surface area contributed by atoms with E-state index in [0.717, 1.165) is 25.7 Å². The minimum absolute atomic E-state index is 0. The second kappa shape index (κ2) is 9.33. The van der Waals surface area contributed by atoms with Gasteiger partial charge in [-0.05, 0) is 37.8 Å². The highest BCUT2D eigenvalue weighted by Gasteiger charge is 2.30. The second-order valence-electron chi connectivity index (χ2n) is 7.07. The summed E-state index contributed by atoms with van der Waals surface area (Å²) in [7, 11) is 0. The molecule has 1 aliphatic heterocycles. The summed E-state index contributed by atoms with van der Waals surface area (Å²) in [6.07, 6.45) is 4.37. The van der Waals surface area contributed by atoms with Gasteiger partial charge in [0.2, 0.25) is 5.91 Å². The lowest BCUT2D eigenvalue weighted by Crippen LogP contribution is -2.42. The fraction of sp³-hybridized carbons (Fsp3) is 0.579. The highest BCUT2D eigenvalue weighted by Crippen LogP contribution is 2.25. The van der Waals surface area contributed by atoms with Crippen LogP contribution in [0.4, 0.5) is 4.39 Å². The van der Waals surface area contributed by atoms with Gasteiger partial charge in [-0.2, -0.15) is 0 Å². The van der Waals surface area contributed by atoms with Gasteiger partial charge in [-0.15, -0.1) is 12.4 Å². The van der Waals surface area contributed by atoms with E-state index in [0.29, 0.717) is 32.6 Å². The molecule has 2 aliphatic rings. The number of hydrogen-bond donors (Lipinski definition) is 1. The summed E-state index contributed by atoms with van der Waals surface area (Å²) in [5, 5.41) is 0. The lowest BCUT2D eigenvalue weighted by Gasteiger charge is -2.30. The zero-order valence-corrected chi connectivity index (χ0v) is 15.7. The number of halogens is 2. The van der Waals surface area contributed by atoms with Crippen molar-refractivity contribution in [1.29, 1.82) is 0 Å². The molecule has 1 saturated carbocycles. The lowest BCUT2D eigenvalue weighted by atomic mass is 9.85. The first-order valence-corrected chi connectivity index (χ1v) is 9.14. The van der Waals surface area contributed by atoms with Crippen molar-refractivity contribution in [2.45, 2.75) is 38.1 Å². The van der Waals surface area contributed by atoms with Crippen molar-refractivity contribution < 1.29 is 14.0 Å². The Morgan fingerprint density at radius 3 is 2.42 bits per heavy atom. The Morgan fingerprint density at radius 2 is 1.69 bits per heavy atom. The van der Waals surface area contributed by atoms with Crippen molar-refractivity contribution in [2.24, 2.45) is 11.7 Å². The van der Waals surface area contributed by atoms with Gasteiger partial charge >= 0.3 is 0 Å². The van der Waals surface area contributed by atoms with E-state index in [2.05, 4.69) is 0 Å². The molecule has 5 nitrogen and oxygen atoms in total.